The summed E-state index contributed by atoms with van der Waals surface area (Å²) in [6, 6.07) is 17.1. The smallest absolute Gasteiger partial charge is 0.272 e. The monoisotopic (exact) mass is 336 g/mol. The van der Waals surface area contributed by atoms with Crippen LogP contribution in [0.3, 0.4) is 0 Å². The summed E-state index contributed by atoms with van der Waals surface area (Å²) in [5.41, 5.74) is 3.09. The molecule has 6 heteroatoms. The van der Waals surface area contributed by atoms with E-state index in [2.05, 4.69) is 20.8 Å². The van der Waals surface area contributed by atoms with Gasteiger partial charge in [-0.05, 0) is 48.9 Å². The van der Waals surface area contributed by atoms with Crippen LogP contribution in [0, 0.1) is 12.7 Å². The molecule has 0 saturated carbocycles. The molecule has 2 N–H and O–H groups in total. The molecule has 3 rings (SSSR count). The summed E-state index contributed by atoms with van der Waals surface area (Å²) in [5, 5.41) is 13.7. The molecule has 2 aromatic carbocycles. The number of carbonyl (C=O) groups is 1. The highest BCUT2D eigenvalue weighted by Gasteiger charge is 2.08. The van der Waals surface area contributed by atoms with Crippen LogP contribution in [-0.4, -0.2) is 16.1 Å². The second kappa shape index (κ2) is 7.53. The van der Waals surface area contributed by atoms with Gasteiger partial charge in [-0.15, -0.1) is 10.2 Å². The van der Waals surface area contributed by atoms with E-state index in [1.165, 1.54) is 12.1 Å². The van der Waals surface area contributed by atoms with E-state index in [-0.39, 0.29) is 17.4 Å². The van der Waals surface area contributed by atoms with Crippen molar-refractivity contribution in [2.75, 3.05) is 5.32 Å². The number of amides is 1. The standard InChI is InChI=1S/C19H17FN4O/c1-13-3-2-4-14(11-13)12-21-19(25)17-9-10-18(24-23-17)22-16-7-5-15(20)6-8-16/h2-11H,12H2,1H3,(H,21,25)(H,22,24). The second-order valence-corrected chi connectivity index (χ2v) is 5.61. The van der Waals surface area contributed by atoms with Gasteiger partial charge in [-0.25, -0.2) is 4.39 Å². The molecule has 1 heterocycles. The first-order chi connectivity index (χ1) is 12.1. The van der Waals surface area contributed by atoms with Gasteiger partial charge in [0.2, 0.25) is 0 Å². The zero-order valence-corrected chi connectivity index (χ0v) is 13.7. The lowest BCUT2D eigenvalue weighted by Gasteiger charge is -2.07. The fourth-order valence-electron chi connectivity index (χ4n) is 2.30. The molecule has 0 aliphatic rings. The van der Waals surface area contributed by atoms with Crippen LogP contribution in [0.1, 0.15) is 21.6 Å². The van der Waals surface area contributed by atoms with Crippen molar-refractivity contribution in [1.82, 2.24) is 15.5 Å². The van der Waals surface area contributed by atoms with Gasteiger partial charge in [0.1, 0.15) is 5.82 Å². The summed E-state index contributed by atoms with van der Waals surface area (Å²) in [7, 11) is 0. The molecular weight excluding hydrogens is 319 g/mol. The fraction of sp³-hybridized carbons (Fsp3) is 0.105. The number of nitrogens with zero attached hydrogens (tertiary/aromatic N) is 2. The SMILES string of the molecule is Cc1cccc(CNC(=O)c2ccc(Nc3ccc(F)cc3)nn2)c1. The van der Waals surface area contributed by atoms with Gasteiger partial charge in [0, 0.05) is 12.2 Å². The van der Waals surface area contributed by atoms with Crippen LogP contribution >= 0.6 is 0 Å². The molecule has 0 fully saturated rings. The van der Waals surface area contributed by atoms with Gasteiger partial charge < -0.3 is 10.6 Å². The third-order valence-corrected chi connectivity index (χ3v) is 3.55. The molecule has 1 amide bonds. The Morgan fingerprint density at radius 1 is 1.04 bits per heavy atom. The Morgan fingerprint density at radius 2 is 1.84 bits per heavy atom. The topological polar surface area (TPSA) is 66.9 Å². The Labute approximate surface area is 144 Å². The fourth-order valence-corrected chi connectivity index (χ4v) is 2.30. The van der Waals surface area contributed by atoms with Crippen LogP contribution in [0.4, 0.5) is 15.9 Å². The zero-order chi connectivity index (χ0) is 17.6. The largest absolute Gasteiger partial charge is 0.347 e. The van der Waals surface area contributed by atoms with Gasteiger partial charge in [-0.2, -0.15) is 0 Å². The van der Waals surface area contributed by atoms with Gasteiger partial charge >= 0.3 is 0 Å². The number of carbonyl (C=O) groups excluding carboxylic acids is 1. The number of aromatic nitrogens is 2. The van der Waals surface area contributed by atoms with Crippen molar-refractivity contribution in [2.24, 2.45) is 0 Å². The van der Waals surface area contributed by atoms with Crippen LogP contribution in [0.5, 0.6) is 0 Å². The Hall–Kier alpha value is -3.28. The molecular formula is C19H17FN4O. The van der Waals surface area contributed by atoms with Crippen molar-refractivity contribution in [3.8, 4) is 0 Å². The van der Waals surface area contributed by atoms with Crippen molar-refractivity contribution < 1.29 is 9.18 Å². The number of anilines is 2. The van der Waals surface area contributed by atoms with E-state index in [4.69, 9.17) is 0 Å². The molecule has 0 aliphatic heterocycles. The van der Waals surface area contributed by atoms with Crippen LogP contribution in [0.25, 0.3) is 0 Å². The predicted octanol–water partition coefficient (Wildman–Crippen LogP) is 3.60. The number of aryl methyl sites for hydroxylation is 1. The first-order valence-electron chi connectivity index (χ1n) is 7.80. The summed E-state index contributed by atoms with van der Waals surface area (Å²) >= 11 is 0. The normalized spacial score (nSPS) is 10.3. The van der Waals surface area contributed by atoms with Crippen LogP contribution < -0.4 is 10.6 Å². The number of hydrogen-bond donors (Lipinski definition) is 2. The minimum atomic E-state index is -0.308. The van der Waals surface area contributed by atoms with E-state index in [9.17, 15) is 9.18 Å². The van der Waals surface area contributed by atoms with E-state index in [0.717, 1.165) is 11.1 Å². The van der Waals surface area contributed by atoms with Gasteiger partial charge in [-0.1, -0.05) is 29.8 Å². The lowest BCUT2D eigenvalue weighted by Crippen LogP contribution is -2.24. The molecule has 5 nitrogen and oxygen atoms in total. The molecule has 0 radical (unpaired) electrons. The van der Waals surface area contributed by atoms with Gasteiger partial charge in [0.05, 0.1) is 0 Å². The average Bonchev–Trinajstić information content (AvgIpc) is 2.62. The maximum Gasteiger partial charge on any atom is 0.272 e. The molecule has 3 aromatic rings. The summed E-state index contributed by atoms with van der Waals surface area (Å²) in [6.45, 7) is 2.43. The number of benzene rings is 2. The third-order valence-electron chi connectivity index (χ3n) is 3.55. The molecule has 0 atom stereocenters. The second-order valence-electron chi connectivity index (χ2n) is 5.61. The first kappa shape index (κ1) is 16.6. The Balaban J connectivity index is 1.59. The van der Waals surface area contributed by atoms with Crippen molar-refractivity contribution in [3.05, 3.63) is 83.3 Å². The van der Waals surface area contributed by atoms with Crippen molar-refractivity contribution in [3.63, 3.8) is 0 Å². The first-order valence-corrected chi connectivity index (χ1v) is 7.80. The molecule has 0 saturated heterocycles. The highest BCUT2D eigenvalue weighted by Crippen LogP contribution is 2.14. The van der Waals surface area contributed by atoms with Gasteiger partial charge in [0.25, 0.3) is 5.91 Å². The Bertz CT molecular complexity index is 863. The summed E-state index contributed by atoms with van der Waals surface area (Å²) in [5.74, 6) is -0.124. The van der Waals surface area contributed by atoms with Crippen molar-refractivity contribution in [2.45, 2.75) is 13.5 Å². The molecule has 0 aliphatic carbocycles. The minimum absolute atomic E-state index is 0.234. The molecule has 25 heavy (non-hydrogen) atoms. The summed E-state index contributed by atoms with van der Waals surface area (Å²) < 4.78 is 12.9. The number of hydrogen-bond acceptors (Lipinski definition) is 4. The van der Waals surface area contributed by atoms with Crippen molar-refractivity contribution >= 4 is 17.4 Å². The molecule has 0 bridgehead atoms. The number of halogens is 1. The minimum Gasteiger partial charge on any atom is -0.347 e. The molecule has 126 valence electrons. The van der Waals surface area contributed by atoms with E-state index in [1.807, 2.05) is 31.2 Å². The highest BCUT2D eigenvalue weighted by atomic mass is 19.1. The van der Waals surface area contributed by atoms with E-state index >= 15 is 0 Å². The Kier molecular flexibility index (Phi) is 4.99. The maximum absolute atomic E-state index is 12.9. The molecule has 0 unspecified atom stereocenters. The molecule has 0 spiro atoms. The van der Waals surface area contributed by atoms with Crippen molar-refractivity contribution in [1.29, 1.82) is 0 Å². The maximum atomic E-state index is 12.9. The predicted molar refractivity (Wildman–Crippen MR) is 94.1 cm³/mol. The average molecular weight is 336 g/mol. The van der Waals surface area contributed by atoms with E-state index in [0.29, 0.717) is 18.1 Å². The van der Waals surface area contributed by atoms with Gasteiger partial charge in [-0.3, -0.25) is 4.79 Å². The highest BCUT2D eigenvalue weighted by molar-refractivity contribution is 5.92. The van der Waals surface area contributed by atoms with E-state index in [1.54, 1.807) is 24.3 Å². The quantitative estimate of drug-likeness (QED) is 0.747. The lowest BCUT2D eigenvalue weighted by atomic mass is 10.1. The summed E-state index contributed by atoms with van der Waals surface area (Å²) in [4.78, 5) is 12.1. The Morgan fingerprint density at radius 3 is 2.52 bits per heavy atom. The number of rotatable bonds is 5. The zero-order valence-electron chi connectivity index (χ0n) is 13.7. The molecule has 1 aromatic heterocycles. The van der Waals surface area contributed by atoms with Gasteiger partial charge in [0.15, 0.2) is 11.5 Å². The lowest BCUT2D eigenvalue weighted by molar-refractivity contribution is 0.0945. The van der Waals surface area contributed by atoms with E-state index < -0.39 is 0 Å². The van der Waals surface area contributed by atoms with Crippen LogP contribution in [0.15, 0.2) is 60.7 Å². The number of nitrogens with one attached hydrogen (secondary N) is 2. The summed E-state index contributed by atoms with van der Waals surface area (Å²) in [6.07, 6.45) is 0. The van der Waals surface area contributed by atoms with Crippen LogP contribution in [0.2, 0.25) is 0 Å². The third kappa shape index (κ3) is 4.60. The van der Waals surface area contributed by atoms with Crippen LogP contribution in [-0.2, 0) is 6.54 Å².